The van der Waals surface area contributed by atoms with Gasteiger partial charge in [0.1, 0.15) is 12.4 Å². The van der Waals surface area contributed by atoms with Crippen LogP contribution in [0.3, 0.4) is 0 Å². The number of pyridine rings is 1. The molecule has 0 aliphatic carbocycles. The molecule has 0 aliphatic heterocycles. The fourth-order valence-electron chi connectivity index (χ4n) is 1.99. The number of hydrogen-bond donors (Lipinski definition) is 0. The highest BCUT2D eigenvalue weighted by molar-refractivity contribution is 5.94. The Morgan fingerprint density at radius 3 is 2.71 bits per heavy atom. The molecule has 2 rings (SSSR count). The summed E-state index contributed by atoms with van der Waals surface area (Å²) in [5, 5.41) is 0. The lowest BCUT2D eigenvalue weighted by Crippen LogP contribution is -2.30. The zero-order chi connectivity index (χ0) is 17.6. The zero-order valence-corrected chi connectivity index (χ0v) is 13.1. The molecular weight excluding hydrogens is 321 g/mol. The molecule has 0 bridgehead atoms. The maximum atomic E-state index is 12.2. The second kappa shape index (κ2) is 7.81. The average Bonchev–Trinajstić information content (AvgIpc) is 2.57. The van der Waals surface area contributed by atoms with Crippen LogP contribution in [0, 0.1) is 0 Å². The standard InChI is InChI=1S/C17H17F3N2O2/c1-22(9-7-17(18,19)20)16(23)14-5-2-6-15(10-14)24-12-13-4-3-8-21-11-13/h2-6,8,10-11H,7,9,12H2,1H3. The Balaban J connectivity index is 1.97. The van der Waals surface area contributed by atoms with Gasteiger partial charge in [-0.1, -0.05) is 12.1 Å². The Morgan fingerprint density at radius 1 is 1.25 bits per heavy atom. The van der Waals surface area contributed by atoms with Crippen LogP contribution in [0.5, 0.6) is 5.75 Å². The molecule has 0 saturated carbocycles. The summed E-state index contributed by atoms with van der Waals surface area (Å²) in [6.07, 6.45) is -2.00. The van der Waals surface area contributed by atoms with Gasteiger partial charge < -0.3 is 9.64 Å². The third kappa shape index (κ3) is 5.57. The van der Waals surface area contributed by atoms with Crippen LogP contribution >= 0.6 is 0 Å². The van der Waals surface area contributed by atoms with Crippen molar-refractivity contribution < 1.29 is 22.7 Å². The molecule has 0 atom stereocenters. The highest BCUT2D eigenvalue weighted by Gasteiger charge is 2.28. The monoisotopic (exact) mass is 338 g/mol. The summed E-state index contributed by atoms with van der Waals surface area (Å²) in [6, 6.07) is 10.0. The van der Waals surface area contributed by atoms with Gasteiger partial charge in [-0.15, -0.1) is 0 Å². The number of halogens is 3. The van der Waals surface area contributed by atoms with Gasteiger partial charge in [0, 0.05) is 37.1 Å². The second-order valence-electron chi connectivity index (χ2n) is 5.27. The SMILES string of the molecule is CN(CCC(F)(F)F)C(=O)c1cccc(OCc2cccnc2)c1. The Kier molecular flexibility index (Phi) is 5.78. The van der Waals surface area contributed by atoms with Crippen molar-refractivity contribution in [3.05, 3.63) is 59.9 Å². The maximum absolute atomic E-state index is 12.2. The van der Waals surface area contributed by atoms with Crippen molar-refractivity contribution in [1.82, 2.24) is 9.88 Å². The molecule has 0 spiro atoms. The number of amides is 1. The lowest BCUT2D eigenvalue weighted by Gasteiger charge is -2.18. The molecule has 24 heavy (non-hydrogen) atoms. The van der Waals surface area contributed by atoms with E-state index in [9.17, 15) is 18.0 Å². The minimum atomic E-state index is -4.29. The van der Waals surface area contributed by atoms with Gasteiger partial charge in [0.05, 0.1) is 6.42 Å². The maximum Gasteiger partial charge on any atom is 0.390 e. The first kappa shape index (κ1) is 17.8. The quantitative estimate of drug-likeness (QED) is 0.807. The van der Waals surface area contributed by atoms with E-state index in [1.165, 1.54) is 13.1 Å². The minimum absolute atomic E-state index is 0.281. The molecule has 0 aliphatic rings. The Hall–Kier alpha value is -2.57. The van der Waals surface area contributed by atoms with Crippen molar-refractivity contribution in [2.24, 2.45) is 0 Å². The van der Waals surface area contributed by atoms with Crippen molar-refractivity contribution in [3.63, 3.8) is 0 Å². The first-order valence-corrected chi connectivity index (χ1v) is 7.29. The van der Waals surface area contributed by atoms with Crippen molar-refractivity contribution in [3.8, 4) is 5.75 Å². The van der Waals surface area contributed by atoms with E-state index in [1.807, 2.05) is 6.07 Å². The number of benzene rings is 1. The number of carbonyl (C=O) groups excluding carboxylic acids is 1. The highest BCUT2D eigenvalue weighted by atomic mass is 19.4. The van der Waals surface area contributed by atoms with E-state index in [4.69, 9.17) is 4.74 Å². The van der Waals surface area contributed by atoms with E-state index in [2.05, 4.69) is 4.98 Å². The number of aromatic nitrogens is 1. The van der Waals surface area contributed by atoms with Crippen LogP contribution in [-0.4, -0.2) is 35.6 Å². The molecule has 1 aromatic heterocycles. The van der Waals surface area contributed by atoms with Gasteiger partial charge in [-0.05, 0) is 24.3 Å². The Bertz CT molecular complexity index is 675. The number of nitrogens with zero attached hydrogens (tertiary/aromatic N) is 2. The second-order valence-corrected chi connectivity index (χ2v) is 5.27. The van der Waals surface area contributed by atoms with Crippen molar-refractivity contribution in [1.29, 1.82) is 0 Å². The summed E-state index contributed by atoms with van der Waals surface area (Å²) in [5.41, 5.74) is 1.15. The fraction of sp³-hybridized carbons (Fsp3) is 0.294. The minimum Gasteiger partial charge on any atom is -0.489 e. The van der Waals surface area contributed by atoms with Gasteiger partial charge in [-0.25, -0.2) is 0 Å². The molecule has 1 amide bonds. The average molecular weight is 338 g/mol. The van der Waals surface area contributed by atoms with Crippen molar-refractivity contribution in [2.45, 2.75) is 19.2 Å². The van der Waals surface area contributed by atoms with Gasteiger partial charge in [0.25, 0.3) is 5.91 Å². The molecule has 0 N–H and O–H groups in total. The molecule has 0 fully saturated rings. The predicted octanol–water partition coefficient (Wildman–Crippen LogP) is 3.69. The number of rotatable bonds is 6. The summed E-state index contributed by atoms with van der Waals surface area (Å²) in [4.78, 5) is 17.2. The largest absolute Gasteiger partial charge is 0.489 e. The Labute approximate surface area is 137 Å². The van der Waals surface area contributed by atoms with Gasteiger partial charge in [-0.2, -0.15) is 13.2 Å². The van der Waals surface area contributed by atoms with Gasteiger partial charge in [0.2, 0.25) is 0 Å². The van der Waals surface area contributed by atoms with Crippen LogP contribution in [0.4, 0.5) is 13.2 Å². The Morgan fingerprint density at radius 2 is 2.04 bits per heavy atom. The molecular formula is C17H17F3N2O2. The molecule has 0 radical (unpaired) electrons. The molecule has 2 aromatic rings. The summed E-state index contributed by atoms with van der Waals surface area (Å²) in [7, 11) is 1.34. The molecule has 1 heterocycles. The number of alkyl halides is 3. The topological polar surface area (TPSA) is 42.4 Å². The van der Waals surface area contributed by atoms with Crippen LogP contribution in [0.25, 0.3) is 0 Å². The van der Waals surface area contributed by atoms with Gasteiger partial charge in [-0.3, -0.25) is 9.78 Å². The van der Waals surface area contributed by atoms with Crippen LogP contribution in [0.2, 0.25) is 0 Å². The number of hydrogen-bond acceptors (Lipinski definition) is 3. The summed E-state index contributed by atoms with van der Waals surface area (Å²) in [6.45, 7) is -0.0987. The smallest absolute Gasteiger partial charge is 0.390 e. The van der Waals surface area contributed by atoms with Crippen LogP contribution in [0.1, 0.15) is 22.3 Å². The van der Waals surface area contributed by atoms with E-state index < -0.39 is 18.5 Å². The first-order chi connectivity index (χ1) is 11.3. The summed E-state index contributed by atoms with van der Waals surface area (Å²) in [5.74, 6) is -0.0139. The zero-order valence-electron chi connectivity index (χ0n) is 13.1. The third-order valence-corrected chi connectivity index (χ3v) is 3.29. The summed E-state index contributed by atoms with van der Waals surface area (Å²) < 4.78 is 42.3. The molecule has 1 aromatic carbocycles. The van der Waals surface area contributed by atoms with E-state index in [0.717, 1.165) is 10.5 Å². The normalized spacial score (nSPS) is 11.2. The predicted molar refractivity (Wildman–Crippen MR) is 82.6 cm³/mol. The molecule has 128 valence electrons. The summed E-state index contributed by atoms with van der Waals surface area (Å²) >= 11 is 0. The van der Waals surface area contributed by atoms with E-state index in [-0.39, 0.29) is 18.7 Å². The lowest BCUT2D eigenvalue weighted by atomic mass is 10.2. The third-order valence-electron chi connectivity index (χ3n) is 3.29. The van der Waals surface area contributed by atoms with E-state index in [0.29, 0.717) is 5.75 Å². The van der Waals surface area contributed by atoms with E-state index in [1.54, 1.807) is 36.7 Å². The van der Waals surface area contributed by atoms with Gasteiger partial charge >= 0.3 is 6.18 Å². The fourth-order valence-corrected chi connectivity index (χ4v) is 1.99. The van der Waals surface area contributed by atoms with Crippen LogP contribution in [0.15, 0.2) is 48.8 Å². The first-order valence-electron chi connectivity index (χ1n) is 7.29. The molecule has 7 heteroatoms. The van der Waals surface area contributed by atoms with Crippen LogP contribution < -0.4 is 4.74 Å². The highest BCUT2D eigenvalue weighted by Crippen LogP contribution is 2.21. The van der Waals surface area contributed by atoms with Crippen LogP contribution in [-0.2, 0) is 6.61 Å². The molecule has 0 saturated heterocycles. The van der Waals surface area contributed by atoms with Crippen molar-refractivity contribution in [2.75, 3.05) is 13.6 Å². The molecule has 0 unspecified atom stereocenters. The van der Waals surface area contributed by atoms with Crippen molar-refractivity contribution >= 4 is 5.91 Å². The number of carbonyl (C=O) groups is 1. The lowest BCUT2D eigenvalue weighted by molar-refractivity contribution is -0.136. The van der Waals surface area contributed by atoms with Gasteiger partial charge in [0.15, 0.2) is 0 Å². The number of ether oxygens (including phenoxy) is 1. The van der Waals surface area contributed by atoms with E-state index >= 15 is 0 Å². The molecule has 4 nitrogen and oxygen atoms in total.